The van der Waals surface area contributed by atoms with Crippen molar-refractivity contribution in [2.24, 2.45) is 0 Å². The number of aromatic nitrogens is 3. The summed E-state index contributed by atoms with van der Waals surface area (Å²) in [5, 5.41) is 7.54. The van der Waals surface area contributed by atoms with E-state index in [0.717, 1.165) is 22.6 Å². The number of nitrogens with zero attached hydrogens (tertiary/aromatic N) is 3. The number of pyridine rings is 2. The van der Waals surface area contributed by atoms with Gasteiger partial charge in [-0.1, -0.05) is 11.2 Å². The molecule has 8 nitrogen and oxygen atoms in total. The SMILES string of the molecule is COc1ccc(NC(=O)c2cccnc2SCc2c(C)noc2C)cc1OCc1cccnc1. The van der Waals surface area contributed by atoms with Gasteiger partial charge in [0.25, 0.3) is 5.91 Å². The number of anilines is 1. The van der Waals surface area contributed by atoms with Crippen molar-refractivity contribution in [3.8, 4) is 11.5 Å². The molecule has 1 amide bonds. The van der Waals surface area contributed by atoms with Crippen LogP contribution in [0.3, 0.4) is 0 Å². The monoisotopic (exact) mass is 476 g/mol. The van der Waals surface area contributed by atoms with Gasteiger partial charge in [0.15, 0.2) is 11.5 Å². The summed E-state index contributed by atoms with van der Waals surface area (Å²) >= 11 is 1.46. The second-order valence-corrected chi connectivity index (χ2v) is 8.38. The number of hydrogen-bond acceptors (Lipinski definition) is 8. The molecule has 0 radical (unpaired) electrons. The Hall–Kier alpha value is -3.85. The van der Waals surface area contributed by atoms with Crippen LogP contribution in [0, 0.1) is 13.8 Å². The van der Waals surface area contributed by atoms with Crippen molar-refractivity contribution < 1.29 is 18.8 Å². The summed E-state index contributed by atoms with van der Waals surface area (Å²) in [6, 6.07) is 12.5. The zero-order valence-corrected chi connectivity index (χ0v) is 19.9. The molecule has 1 aromatic carbocycles. The highest BCUT2D eigenvalue weighted by Crippen LogP contribution is 2.32. The third-order valence-corrected chi connectivity index (χ3v) is 6.12. The number of carbonyl (C=O) groups is 1. The van der Waals surface area contributed by atoms with Crippen LogP contribution in [0.1, 0.15) is 32.9 Å². The van der Waals surface area contributed by atoms with Crippen molar-refractivity contribution in [3.63, 3.8) is 0 Å². The quantitative estimate of drug-likeness (QED) is 0.329. The lowest BCUT2D eigenvalue weighted by atomic mass is 10.2. The first-order valence-corrected chi connectivity index (χ1v) is 11.5. The first-order chi connectivity index (χ1) is 16.5. The van der Waals surface area contributed by atoms with Crippen molar-refractivity contribution >= 4 is 23.4 Å². The Morgan fingerprint density at radius 2 is 1.97 bits per heavy atom. The van der Waals surface area contributed by atoms with E-state index < -0.39 is 0 Å². The molecule has 3 heterocycles. The molecule has 9 heteroatoms. The molecule has 1 N–H and O–H groups in total. The van der Waals surface area contributed by atoms with Gasteiger partial charge >= 0.3 is 0 Å². The van der Waals surface area contributed by atoms with E-state index in [9.17, 15) is 4.79 Å². The van der Waals surface area contributed by atoms with Crippen molar-refractivity contribution in [1.29, 1.82) is 0 Å². The smallest absolute Gasteiger partial charge is 0.258 e. The lowest BCUT2D eigenvalue weighted by molar-refractivity contribution is 0.102. The van der Waals surface area contributed by atoms with E-state index >= 15 is 0 Å². The highest BCUT2D eigenvalue weighted by Gasteiger charge is 2.17. The van der Waals surface area contributed by atoms with Crippen LogP contribution in [0.4, 0.5) is 5.69 Å². The van der Waals surface area contributed by atoms with Crippen LogP contribution in [0.2, 0.25) is 0 Å². The average Bonchev–Trinajstić information content (AvgIpc) is 3.19. The van der Waals surface area contributed by atoms with Crippen LogP contribution in [0.5, 0.6) is 11.5 Å². The zero-order valence-electron chi connectivity index (χ0n) is 19.1. The molecule has 174 valence electrons. The molecule has 0 unspecified atom stereocenters. The van der Waals surface area contributed by atoms with Crippen LogP contribution in [0.15, 0.2) is 70.6 Å². The first-order valence-electron chi connectivity index (χ1n) is 10.6. The molecule has 0 saturated heterocycles. The molecule has 34 heavy (non-hydrogen) atoms. The molecule has 0 fully saturated rings. The van der Waals surface area contributed by atoms with Gasteiger partial charge in [-0.3, -0.25) is 9.78 Å². The van der Waals surface area contributed by atoms with E-state index in [4.69, 9.17) is 14.0 Å². The van der Waals surface area contributed by atoms with E-state index in [0.29, 0.717) is 40.1 Å². The number of methoxy groups -OCH3 is 1. The Bertz CT molecular complexity index is 1260. The molecule has 0 aliphatic heterocycles. The van der Waals surface area contributed by atoms with Gasteiger partial charge in [-0.05, 0) is 44.2 Å². The molecule has 0 spiro atoms. The van der Waals surface area contributed by atoms with E-state index in [1.54, 1.807) is 56.0 Å². The van der Waals surface area contributed by atoms with Crippen LogP contribution >= 0.6 is 11.8 Å². The van der Waals surface area contributed by atoms with Crippen LogP contribution < -0.4 is 14.8 Å². The maximum Gasteiger partial charge on any atom is 0.258 e. The highest BCUT2D eigenvalue weighted by atomic mass is 32.2. The van der Waals surface area contributed by atoms with Gasteiger partial charge in [0.2, 0.25) is 0 Å². The fourth-order valence-electron chi connectivity index (χ4n) is 3.24. The molecular weight excluding hydrogens is 452 g/mol. The zero-order chi connectivity index (χ0) is 23.9. The topological polar surface area (TPSA) is 99.4 Å². The number of thioether (sulfide) groups is 1. The second kappa shape index (κ2) is 10.8. The molecule has 0 aliphatic carbocycles. The minimum Gasteiger partial charge on any atom is -0.493 e. The van der Waals surface area contributed by atoms with Crippen molar-refractivity contribution in [1.82, 2.24) is 15.1 Å². The van der Waals surface area contributed by atoms with Gasteiger partial charge in [0.05, 0.1) is 18.4 Å². The van der Waals surface area contributed by atoms with E-state index in [-0.39, 0.29) is 5.91 Å². The molecule has 3 aromatic heterocycles. The third kappa shape index (κ3) is 5.55. The Balaban J connectivity index is 1.48. The molecule has 0 aliphatic rings. The summed E-state index contributed by atoms with van der Waals surface area (Å²) in [7, 11) is 1.57. The lowest BCUT2D eigenvalue weighted by Gasteiger charge is -2.14. The fraction of sp³-hybridized carbons (Fsp3) is 0.200. The summed E-state index contributed by atoms with van der Waals surface area (Å²) in [5.74, 6) is 2.19. The van der Waals surface area contributed by atoms with Gasteiger partial charge in [0.1, 0.15) is 17.4 Å². The van der Waals surface area contributed by atoms with Gasteiger partial charge in [-0.25, -0.2) is 4.98 Å². The maximum absolute atomic E-state index is 13.1. The summed E-state index contributed by atoms with van der Waals surface area (Å²) in [4.78, 5) is 21.6. The van der Waals surface area contributed by atoms with Crippen LogP contribution in [-0.2, 0) is 12.4 Å². The number of amides is 1. The summed E-state index contributed by atoms with van der Waals surface area (Å²) in [5.41, 5.74) is 3.83. The lowest BCUT2D eigenvalue weighted by Crippen LogP contribution is -2.14. The van der Waals surface area contributed by atoms with Gasteiger partial charge < -0.3 is 19.3 Å². The number of carbonyl (C=O) groups excluding carboxylic acids is 1. The van der Waals surface area contributed by atoms with Crippen LogP contribution in [0.25, 0.3) is 0 Å². The van der Waals surface area contributed by atoms with Crippen molar-refractivity contribution in [3.05, 3.63) is 89.2 Å². The average molecular weight is 477 g/mol. The Morgan fingerprint density at radius 1 is 1.12 bits per heavy atom. The normalized spacial score (nSPS) is 10.7. The largest absolute Gasteiger partial charge is 0.493 e. The van der Waals surface area contributed by atoms with E-state index in [1.165, 1.54) is 11.8 Å². The minimum absolute atomic E-state index is 0.266. The Kier molecular flexibility index (Phi) is 7.44. The second-order valence-electron chi connectivity index (χ2n) is 7.42. The number of ether oxygens (including phenoxy) is 2. The standard InChI is InChI=1S/C25H24N4O4S/c1-16-21(17(2)33-29-16)15-34-25-20(7-5-11-27-25)24(30)28-19-8-9-22(31-3)23(12-19)32-14-18-6-4-10-26-13-18/h4-13H,14-15H2,1-3H3,(H,28,30). The maximum atomic E-state index is 13.1. The molecule has 0 saturated carbocycles. The minimum atomic E-state index is -0.266. The van der Waals surface area contributed by atoms with E-state index in [1.807, 2.05) is 26.0 Å². The van der Waals surface area contributed by atoms with Gasteiger partial charge in [-0.15, -0.1) is 11.8 Å². The van der Waals surface area contributed by atoms with Crippen molar-refractivity contribution in [2.45, 2.75) is 31.2 Å². The summed E-state index contributed by atoms with van der Waals surface area (Å²) in [6.45, 7) is 4.10. The first kappa shape index (κ1) is 23.3. The number of nitrogens with one attached hydrogen (secondary N) is 1. The Labute approximate surface area is 201 Å². The molecule has 4 aromatic rings. The van der Waals surface area contributed by atoms with Gasteiger partial charge in [-0.2, -0.15) is 0 Å². The predicted octanol–water partition coefficient (Wildman–Crippen LogP) is 5.21. The number of rotatable bonds is 9. The van der Waals surface area contributed by atoms with E-state index in [2.05, 4.69) is 20.4 Å². The number of benzene rings is 1. The molecule has 0 atom stereocenters. The summed E-state index contributed by atoms with van der Waals surface area (Å²) in [6.07, 6.45) is 5.12. The highest BCUT2D eigenvalue weighted by molar-refractivity contribution is 7.98. The molecular formula is C25H24N4O4S. The number of aryl methyl sites for hydroxylation is 2. The Morgan fingerprint density at radius 3 is 2.71 bits per heavy atom. The number of hydrogen-bond donors (Lipinski definition) is 1. The fourth-order valence-corrected chi connectivity index (χ4v) is 4.38. The van der Waals surface area contributed by atoms with Crippen molar-refractivity contribution in [2.75, 3.05) is 12.4 Å². The summed E-state index contributed by atoms with van der Waals surface area (Å²) < 4.78 is 16.6. The third-order valence-electron chi connectivity index (χ3n) is 5.09. The van der Waals surface area contributed by atoms with Crippen LogP contribution in [-0.4, -0.2) is 28.1 Å². The molecule has 0 bridgehead atoms. The predicted molar refractivity (Wildman–Crippen MR) is 129 cm³/mol. The van der Waals surface area contributed by atoms with Gasteiger partial charge in [0, 0.05) is 47.2 Å². The molecule has 4 rings (SSSR count).